The highest BCUT2D eigenvalue weighted by atomic mass is 32.2. The first-order valence-corrected chi connectivity index (χ1v) is 7.95. The zero-order valence-corrected chi connectivity index (χ0v) is 12.3. The summed E-state index contributed by atoms with van der Waals surface area (Å²) >= 11 is 1.54. The van der Waals surface area contributed by atoms with Gasteiger partial charge in [0.1, 0.15) is 0 Å². The summed E-state index contributed by atoms with van der Waals surface area (Å²) in [5.74, 6) is 0.694. The lowest BCUT2D eigenvalue weighted by molar-refractivity contribution is -0.123. The summed E-state index contributed by atoms with van der Waals surface area (Å²) in [4.78, 5) is 23.7. The van der Waals surface area contributed by atoms with E-state index in [1.54, 1.807) is 0 Å². The molecule has 1 saturated heterocycles. The molecule has 2 amide bonds. The van der Waals surface area contributed by atoms with Gasteiger partial charge in [-0.05, 0) is 22.9 Å². The lowest BCUT2D eigenvalue weighted by Gasteiger charge is -2.20. The van der Waals surface area contributed by atoms with Crippen molar-refractivity contribution in [2.45, 2.75) is 11.7 Å². The number of carbonyl (C=O) groups excluding carboxylic acids is 2. The Morgan fingerprint density at radius 1 is 1.24 bits per heavy atom. The fourth-order valence-electron chi connectivity index (χ4n) is 2.36. The monoisotopic (exact) mass is 300 g/mol. The Balaban J connectivity index is 1.66. The van der Waals surface area contributed by atoms with Crippen molar-refractivity contribution in [3.8, 4) is 0 Å². The number of thioether (sulfide) groups is 1. The molecule has 0 radical (unpaired) electrons. The van der Waals surface area contributed by atoms with Crippen molar-refractivity contribution in [3.63, 3.8) is 0 Å². The normalized spacial score (nSPS) is 18.3. The largest absolute Gasteiger partial charge is 0.354 e. The van der Waals surface area contributed by atoms with Crippen molar-refractivity contribution >= 4 is 40.0 Å². The first kappa shape index (κ1) is 13.9. The predicted octanol–water partition coefficient (Wildman–Crippen LogP) is 2.40. The minimum atomic E-state index is -0.279. The third-order valence-corrected chi connectivity index (χ3v) is 4.64. The predicted molar refractivity (Wildman–Crippen MR) is 86.5 cm³/mol. The molecule has 0 saturated carbocycles. The van der Waals surface area contributed by atoms with Crippen LogP contribution in [-0.2, 0) is 9.59 Å². The van der Waals surface area contributed by atoms with Crippen molar-refractivity contribution in [2.75, 3.05) is 17.6 Å². The first-order valence-electron chi connectivity index (χ1n) is 6.90. The first-order chi connectivity index (χ1) is 10.2. The standard InChI is InChI=1S/C16H16N2O2S/c19-15(10-14-16(20)17-7-8-21-14)18-13-6-5-11-3-1-2-4-12(11)9-13/h1-6,9,14H,7-8,10H2,(H,17,20)(H,18,19)/t14-/m1/s1. The quantitative estimate of drug-likeness (QED) is 0.915. The summed E-state index contributed by atoms with van der Waals surface area (Å²) in [6, 6.07) is 13.8. The smallest absolute Gasteiger partial charge is 0.233 e. The summed E-state index contributed by atoms with van der Waals surface area (Å²) in [6.45, 7) is 0.687. The van der Waals surface area contributed by atoms with Gasteiger partial charge in [0, 0.05) is 24.4 Å². The molecule has 108 valence electrons. The summed E-state index contributed by atoms with van der Waals surface area (Å²) in [6.07, 6.45) is 0.212. The summed E-state index contributed by atoms with van der Waals surface area (Å²) in [5.41, 5.74) is 0.764. The summed E-state index contributed by atoms with van der Waals surface area (Å²) in [5, 5.41) is 7.60. The molecule has 1 heterocycles. The molecule has 2 aromatic rings. The number of benzene rings is 2. The van der Waals surface area contributed by atoms with Gasteiger partial charge in [-0.1, -0.05) is 30.3 Å². The number of amides is 2. The van der Waals surface area contributed by atoms with Crippen LogP contribution in [0.15, 0.2) is 42.5 Å². The molecule has 3 rings (SSSR count). The molecule has 1 atom stereocenters. The zero-order valence-electron chi connectivity index (χ0n) is 11.5. The molecule has 1 fully saturated rings. The molecular weight excluding hydrogens is 284 g/mol. The van der Waals surface area contributed by atoms with Crippen molar-refractivity contribution in [1.29, 1.82) is 0 Å². The molecular formula is C16H16N2O2S. The van der Waals surface area contributed by atoms with Crippen LogP contribution in [0.2, 0.25) is 0 Å². The lowest BCUT2D eigenvalue weighted by Crippen LogP contribution is -2.40. The minimum absolute atomic E-state index is 0.0417. The number of nitrogens with one attached hydrogen (secondary N) is 2. The van der Waals surface area contributed by atoms with Gasteiger partial charge in [0.15, 0.2) is 0 Å². The summed E-state index contributed by atoms with van der Waals surface area (Å²) < 4.78 is 0. The van der Waals surface area contributed by atoms with Gasteiger partial charge in [0.25, 0.3) is 0 Å². The van der Waals surface area contributed by atoms with Crippen molar-refractivity contribution in [1.82, 2.24) is 5.32 Å². The van der Waals surface area contributed by atoms with E-state index >= 15 is 0 Å². The highest BCUT2D eigenvalue weighted by Crippen LogP contribution is 2.21. The number of hydrogen-bond donors (Lipinski definition) is 2. The zero-order chi connectivity index (χ0) is 14.7. The highest BCUT2D eigenvalue weighted by Gasteiger charge is 2.25. The van der Waals surface area contributed by atoms with E-state index in [4.69, 9.17) is 0 Å². The Morgan fingerprint density at radius 2 is 2.05 bits per heavy atom. The van der Waals surface area contributed by atoms with E-state index in [1.807, 2.05) is 42.5 Å². The maximum Gasteiger partial charge on any atom is 0.233 e. The number of carbonyl (C=O) groups is 2. The van der Waals surface area contributed by atoms with E-state index in [2.05, 4.69) is 10.6 Å². The van der Waals surface area contributed by atoms with Gasteiger partial charge >= 0.3 is 0 Å². The second-order valence-electron chi connectivity index (χ2n) is 4.96. The Morgan fingerprint density at radius 3 is 2.86 bits per heavy atom. The van der Waals surface area contributed by atoms with Gasteiger partial charge < -0.3 is 10.6 Å². The molecule has 21 heavy (non-hydrogen) atoms. The van der Waals surface area contributed by atoms with Crippen molar-refractivity contribution in [3.05, 3.63) is 42.5 Å². The van der Waals surface area contributed by atoms with Gasteiger partial charge in [-0.25, -0.2) is 0 Å². The third-order valence-electron chi connectivity index (χ3n) is 3.42. The Bertz CT molecular complexity index is 687. The van der Waals surface area contributed by atoms with Crippen LogP contribution >= 0.6 is 11.8 Å². The molecule has 5 heteroatoms. The fraction of sp³-hybridized carbons (Fsp3) is 0.250. The molecule has 0 bridgehead atoms. The van der Waals surface area contributed by atoms with Crippen LogP contribution < -0.4 is 10.6 Å². The molecule has 2 aromatic carbocycles. The highest BCUT2D eigenvalue weighted by molar-refractivity contribution is 8.00. The Kier molecular flexibility index (Phi) is 4.10. The summed E-state index contributed by atoms with van der Waals surface area (Å²) in [7, 11) is 0. The molecule has 0 spiro atoms. The minimum Gasteiger partial charge on any atom is -0.354 e. The van der Waals surface area contributed by atoms with Gasteiger partial charge in [-0.15, -0.1) is 11.8 Å². The lowest BCUT2D eigenvalue weighted by atomic mass is 10.1. The van der Waals surface area contributed by atoms with Gasteiger partial charge in [-0.3, -0.25) is 9.59 Å². The second kappa shape index (κ2) is 6.18. The maximum absolute atomic E-state index is 12.1. The van der Waals surface area contributed by atoms with E-state index in [0.29, 0.717) is 6.54 Å². The molecule has 0 aliphatic carbocycles. The van der Waals surface area contributed by atoms with Crippen LogP contribution in [0.5, 0.6) is 0 Å². The topological polar surface area (TPSA) is 58.2 Å². The fourth-order valence-corrected chi connectivity index (χ4v) is 3.37. The molecule has 4 nitrogen and oxygen atoms in total. The van der Waals surface area contributed by atoms with Gasteiger partial charge in [0.05, 0.1) is 5.25 Å². The van der Waals surface area contributed by atoms with E-state index in [1.165, 1.54) is 11.8 Å². The molecule has 0 aromatic heterocycles. The second-order valence-corrected chi connectivity index (χ2v) is 6.28. The van der Waals surface area contributed by atoms with Crippen LogP contribution in [-0.4, -0.2) is 29.4 Å². The number of rotatable bonds is 3. The SMILES string of the molecule is O=C(C[C@H]1SCCNC1=O)Nc1ccc2ccccc2c1. The van der Waals surface area contributed by atoms with Crippen LogP contribution in [0.4, 0.5) is 5.69 Å². The van der Waals surface area contributed by atoms with Crippen molar-refractivity contribution in [2.24, 2.45) is 0 Å². The van der Waals surface area contributed by atoms with Crippen LogP contribution in [0, 0.1) is 0 Å². The molecule has 2 N–H and O–H groups in total. The van der Waals surface area contributed by atoms with Crippen LogP contribution in [0.25, 0.3) is 10.8 Å². The van der Waals surface area contributed by atoms with E-state index < -0.39 is 0 Å². The number of anilines is 1. The van der Waals surface area contributed by atoms with Crippen LogP contribution in [0.3, 0.4) is 0 Å². The Labute approximate surface area is 127 Å². The van der Waals surface area contributed by atoms with E-state index in [-0.39, 0.29) is 23.5 Å². The van der Waals surface area contributed by atoms with Crippen LogP contribution in [0.1, 0.15) is 6.42 Å². The number of hydrogen-bond acceptors (Lipinski definition) is 3. The van der Waals surface area contributed by atoms with E-state index in [9.17, 15) is 9.59 Å². The van der Waals surface area contributed by atoms with Gasteiger partial charge in [0.2, 0.25) is 11.8 Å². The van der Waals surface area contributed by atoms with E-state index in [0.717, 1.165) is 22.2 Å². The number of fused-ring (bicyclic) bond motifs is 1. The maximum atomic E-state index is 12.1. The average molecular weight is 300 g/mol. The molecule has 1 aliphatic heterocycles. The average Bonchev–Trinajstić information content (AvgIpc) is 2.49. The molecule has 1 aliphatic rings. The third kappa shape index (κ3) is 3.36. The van der Waals surface area contributed by atoms with Gasteiger partial charge in [-0.2, -0.15) is 0 Å². The molecule has 0 unspecified atom stereocenters. The Hall–Kier alpha value is -2.01. The van der Waals surface area contributed by atoms with Crippen molar-refractivity contribution < 1.29 is 9.59 Å².